The Hall–Kier alpha value is -2.22. The topological polar surface area (TPSA) is 97.3 Å². The van der Waals surface area contributed by atoms with E-state index in [9.17, 15) is 10.1 Å². The van der Waals surface area contributed by atoms with E-state index in [2.05, 4.69) is 27.5 Å². The molecule has 0 spiro atoms. The van der Waals surface area contributed by atoms with Gasteiger partial charge in [-0.25, -0.2) is 4.63 Å². The van der Waals surface area contributed by atoms with Gasteiger partial charge in [-0.05, 0) is 22.8 Å². The van der Waals surface area contributed by atoms with Crippen LogP contribution in [0, 0.1) is 10.1 Å². The Bertz CT molecular complexity index is 637. The van der Waals surface area contributed by atoms with Gasteiger partial charge in [0, 0.05) is 25.7 Å². The number of rotatable bonds is 5. The third kappa shape index (κ3) is 1.97. The summed E-state index contributed by atoms with van der Waals surface area (Å²) in [5, 5.41) is 21.8. The van der Waals surface area contributed by atoms with E-state index in [1.165, 1.54) is 6.07 Å². The number of nitrogens with one attached hydrogen (secondary N) is 1. The Morgan fingerprint density at radius 2 is 2.20 bits per heavy atom. The molecule has 0 amide bonds. The lowest BCUT2D eigenvalue weighted by atomic mass is 10.1. The first-order chi connectivity index (χ1) is 9.72. The van der Waals surface area contributed by atoms with Crippen LogP contribution in [0.5, 0.6) is 0 Å². The fraction of sp³-hybridized carbons (Fsp3) is 0.500. The van der Waals surface area contributed by atoms with Gasteiger partial charge in [-0.3, -0.25) is 10.1 Å². The maximum Gasteiger partial charge on any atom is 0.300 e. The number of nitrogens with zero attached hydrogens (tertiary/aromatic N) is 4. The maximum absolute atomic E-state index is 11.0. The summed E-state index contributed by atoms with van der Waals surface area (Å²) >= 11 is 0. The van der Waals surface area contributed by atoms with Crippen LogP contribution in [0.2, 0.25) is 0 Å². The third-order valence-electron chi connectivity index (χ3n) is 3.54. The monoisotopic (exact) mass is 277 g/mol. The normalized spacial score (nSPS) is 15.2. The zero-order chi connectivity index (χ0) is 14.1. The van der Waals surface area contributed by atoms with Crippen LogP contribution in [0.3, 0.4) is 0 Å². The van der Waals surface area contributed by atoms with Crippen molar-refractivity contribution in [2.45, 2.75) is 19.4 Å². The quantitative estimate of drug-likeness (QED) is 0.650. The summed E-state index contributed by atoms with van der Waals surface area (Å²) in [5.74, 6) is 0. The number of nitro groups is 1. The van der Waals surface area contributed by atoms with Gasteiger partial charge in [0.25, 0.3) is 0 Å². The molecule has 2 heterocycles. The average molecular weight is 277 g/mol. The first-order valence-corrected chi connectivity index (χ1v) is 6.59. The van der Waals surface area contributed by atoms with Crippen LogP contribution in [0.4, 0.5) is 11.4 Å². The lowest BCUT2D eigenvalue weighted by Crippen LogP contribution is -2.57. The molecule has 1 saturated heterocycles. The third-order valence-corrected chi connectivity index (χ3v) is 3.54. The van der Waals surface area contributed by atoms with Crippen LogP contribution in [-0.2, 0) is 0 Å². The summed E-state index contributed by atoms with van der Waals surface area (Å²) in [6.45, 7) is 4.78. The van der Waals surface area contributed by atoms with E-state index in [-0.39, 0.29) is 11.2 Å². The smallest absolute Gasteiger partial charge is 0.300 e. The van der Waals surface area contributed by atoms with Crippen molar-refractivity contribution in [3.8, 4) is 0 Å². The Kier molecular flexibility index (Phi) is 3.23. The zero-order valence-electron chi connectivity index (χ0n) is 11.1. The highest BCUT2D eigenvalue weighted by Gasteiger charge is 2.28. The first kappa shape index (κ1) is 12.8. The highest BCUT2D eigenvalue weighted by molar-refractivity contribution is 5.94. The van der Waals surface area contributed by atoms with E-state index >= 15 is 0 Å². The molecule has 1 aliphatic heterocycles. The number of aromatic nitrogens is 2. The molecule has 2 aromatic rings. The van der Waals surface area contributed by atoms with Gasteiger partial charge in [0.1, 0.15) is 0 Å². The molecule has 0 saturated carbocycles. The summed E-state index contributed by atoms with van der Waals surface area (Å²) in [5.41, 5.74) is 1.44. The average Bonchev–Trinajstić information content (AvgIpc) is 2.83. The Morgan fingerprint density at radius 3 is 2.80 bits per heavy atom. The van der Waals surface area contributed by atoms with Crippen LogP contribution < -0.4 is 10.2 Å². The Labute approximate surface area is 114 Å². The molecule has 20 heavy (non-hydrogen) atoms. The fourth-order valence-electron chi connectivity index (χ4n) is 2.45. The lowest BCUT2D eigenvalue weighted by Gasteiger charge is -2.39. The second kappa shape index (κ2) is 5.04. The number of benzene rings is 1. The minimum absolute atomic E-state index is 0.0758. The molecule has 0 aliphatic carbocycles. The van der Waals surface area contributed by atoms with Crippen molar-refractivity contribution in [3.63, 3.8) is 0 Å². The van der Waals surface area contributed by atoms with E-state index in [4.69, 9.17) is 4.63 Å². The largest absolute Gasteiger partial charge is 0.364 e. The van der Waals surface area contributed by atoms with Gasteiger partial charge in [0.05, 0.1) is 16.7 Å². The molecule has 1 aromatic carbocycles. The van der Waals surface area contributed by atoms with Crippen molar-refractivity contribution in [1.29, 1.82) is 0 Å². The second-order valence-electron chi connectivity index (χ2n) is 4.83. The molecule has 1 aromatic heterocycles. The Balaban J connectivity index is 2.08. The molecule has 0 unspecified atom stereocenters. The summed E-state index contributed by atoms with van der Waals surface area (Å²) in [7, 11) is 0. The summed E-state index contributed by atoms with van der Waals surface area (Å²) < 4.78 is 4.71. The molecule has 0 radical (unpaired) electrons. The predicted molar refractivity (Wildman–Crippen MR) is 72.8 cm³/mol. The number of nitro benzene ring substituents is 1. The van der Waals surface area contributed by atoms with Crippen LogP contribution in [0.25, 0.3) is 11.0 Å². The van der Waals surface area contributed by atoms with Gasteiger partial charge >= 0.3 is 5.69 Å². The van der Waals surface area contributed by atoms with E-state index in [0.717, 1.165) is 31.7 Å². The minimum atomic E-state index is -0.467. The predicted octanol–water partition coefficient (Wildman–Crippen LogP) is 1.32. The zero-order valence-corrected chi connectivity index (χ0v) is 11.1. The van der Waals surface area contributed by atoms with Crippen LogP contribution in [0.1, 0.15) is 13.3 Å². The molecule has 1 N–H and O–H groups in total. The molecule has 106 valence electrons. The number of hydrogen-bond acceptors (Lipinski definition) is 7. The van der Waals surface area contributed by atoms with Gasteiger partial charge in [-0.2, -0.15) is 0 Å². The second-order valence-corrected chi connectivity index (χ2v) is 4.83. The SMILES string of the molecule is CCCN(c1ccc([N+](=O)[O-])c2nonc12)C1CNC1. The van der Waals surface area contributed by atoms with Gasteiger partial charge in [0.15, 0.2) is 5.52 Å². The minimum Gasteiger partial charge on any atom is -0.364 e. The number of fused-ring (bicyclic) bond motifs is 1. The van der Waals surface area contributed by atoms with Crippen molar-refractivity contribution < 1.29 is 9.55 Å². The molecule has 0 bridgehead atoms. The van der Waals surface area contributed by atoms with E-state index in [1.807, 2.05) is 0 Å². The van der Waals surface area contributed by atoms with Crippen molar-refractivity contribution >= 4 is 22.4 Å². The molecule has 8 heteroatoms. The number of hydrogen-bond donors (Lipinski definition) is 1. The van der Waals surface area contributed by atoms with Crippen LogP contribution in [-0.4, -0.2) is 40.9 Å². The van der Waals surface area contributed by atoms with Gasteiger partial charge in [0.2, 0.25) is 5.52 Å². The van der Waals surface area contributed by atoms with Gasteiger partial charge in [-0.15, -0.1) is 0 Å². The standard InChI is InChI=1S/C12H15N5O3/c1-2-5-16(8-6-13-7-8)9-3-4-10(17(18)19)12-11(9)14-20-15-12/h3-4,8,13H,2,5-7H2,1H3. The molecular formula is C12H15N5O3. The van der Waals surface area contributed by atoms with Crippen LogP contribution >= 0.6 is 0 Å². The number of non-ortho nitro benzene ring substituents is 1. The highest BCUT2D eigenvalue weighted by Crippen LogP contribution is 2.32. The van der Waals surface area contributed by atoms with Gasteiger partial charge in [-0.1, -0.05) is 6.92 Å². The first-order valence-electron chi connectivity index (χ1n) is 6.59. The molecule has 8 nitrogen and oxygen atoms in total. The van der Waals surface area contributed by atoms with Crippen molar-refractivity contribution in [3.05, 3.63) is 22.2 Å². The van der Waals surface area contributed by atoms with Crippen molar-refractivity contribution in [1.82, 2.24) is 15.6 Å². The van der Waals surface area contributed by atoms with E-state index in [0.29, 0.717) is 11.6 Å². The maximum atomic E-state index is 11.0. The molecule has 3 rings (SSSR count). The fourth-order valence-corrected chi connectivity index (χ4v) is 2.45. The molecular weight excluding hydrogens is 262 g/mol. The lowest BCUT2D eigenvalue weighted by molar-refractivity contribution is -0.383. The number of anilines is 1. The van der Waals surface area contributed by atoms with E-state index in [1.54, 1.807) is 6.07 Å². The molecule has 1 fully saturated rings. The summed E-state index contributed by atoms with van der Waals surface area (Å²) in [4.78, 5) is 12.7. The Morgan fingerprint density at radius 1 is 1.45 bits per heavy atom. The highest BCUT2D eigenvalue weighted by atomic mass is 16.6. The summed E-state index contributed by atoms with van der Waals surface area (Å²) in [6, 6.07) is 3.59. The van der Waals surface area contributed by atoms with Crippen molar-refractivity contribution in [2.75, 3.05) is 24.5 Å². The van der Waals surface area contributed by atoms with Crippen LogP contribution in [0.15, 0.2) is 16.8 Å². The summed E-state index contributed by atoms with van der Waals surface area (Å²) in [6.07, 6.45) is 0.986. The van der Waals surface area contributed by atoms with Crippen molar-refractivity contribution in [2.24, 2.45) is 0 Å². The molecule has 0 atom stereocenters. The van der Waals surface area contributed by atoms with Gasteiger partial charge < -0.3 is 10.2 Å². The van der Waals surface area contributed by atoms with E-state index < -0.39 is 4.92 Å². The molecule has 1 aliphatic rings.